The van der Waals surface area contributed by atoms with Crippen LogP contribution in [0.5, 0.6) is 0 Å². The van der Waals surface area contributed by atoms with Crippen LogP contribution in [0.3, 0.4) is 0 Å². The Morgan fingerprint density at radius 2 is 0.957 bits per heavy atom. The molecule has 0 saturated carbocycles. The fraction of sp³-hybridized carbons (Fsp3) is 0.364. The van der Waals surface area contributed by atoms with Gasteiger partial charge in [-0.05, 0) is 0 Å². The molecule has 1 fully saturated rings. The Morgan fingerprint density at radius 3 is 1.33 bits per heavy atom. The molecule has 7 rings (SSSR count). The molecular formula is C44H52HfSi. The molecule has 0 radical (unpaired) electrons. The van der Waals surface area contributed by atoms with Gasteiger partial charge in [0.2, 0.25) is 0 Å². The third kappa shape index (κ3) is 4.75. The Morgan fingerprint density at radius 1 is 0.565 bits per heavy atom. The van der Waals surface area contributed by atoms with E-state index in [1.807, 2.05) is 10.4 Å². The van der Waals surface area contributed by atoms with E-state index in [0.29, 0.717) is 7.35 Å². The Hall–Kier alpha value is -2.55. The van der Waals surface area contributed by atoms with Crippen LogP contribution in [0.1, 0.15) is 96.1 Å². The van der Waals surface area contributed by atoms with E-state index in [0.717, 1.165) is 0 Å². The monoisotopic (exact) mass is 788 g/mol. The first-order valence-electron chi connectivity index (χ1n) is 17.6. The van der Waals surface area contributed by atoms with Crippen molar-refractivity contribution in [2.45, 2.75) is 95.0 Å². The van der Waals surface area contributed by atoms with Crippen LogP contribution in [-0.2, 0) is 30.8 Å². The van der Waals surface area contributed by atoms with E-state index < -0.39 is 28.0 Å². The molecule has 1 aliphatic heterocycles. The summed E-state index contributed by atoms with van der Waals surface area (Å²) in [5.74, 6) is 0. The van der Waals surface area contributed by atoms with Gasteiger partial charge in [0.15, 0.2) is 0 Å². The van der Waals surface area contributed by atoms with Crippen molar-refractivity contribution in [1.82, 2.24) is 0 Å². The van der Waals surface area contributed by atoms with Crippen molar-refractivity contribution in [1.29, 1.82) is 0 Å². The second-order valence-electron chi connectivity index (χ2n) is 17.0. The van der Waals surface area contributed by atoms with Crippen molar-refractivity contribution >= 4 is 20.2 Å². The molecule has 2 heteroatoms. The molecule has 2 atom stereocenters. The summed E-state index contributed by atoms with van der Waals surface area (Å²) in [4.78, 5) is 0. The number of fused-ring (bicyclic) bond motifs is 6. The summed E-state index contributed by atoms with van der Waals surface area (Å²) in [7, 11) is -1.93. The zero-order chi connectivity index (χ0) is 32.8. The van der Waals surface area contributed by atoms with Crippen molar-refractivity contribution in [2.24, 2.45) is 0 Å². The van der Waals surface area contributed by atoms with Crippen molar-refractivity contribution in [3.63, 3.8) is 0 Å². The second-order valence-corrected chi connectivity index (χ2v) is 38.9. The van der Waals surface area contributed by atoms with Crippen molar-refractivity contribution in [2.75, 3.05) is 0 Å². The Kier molecular flexibility index (Phi) is 7.65. The molecule has 3 aliphatic rings. The van der Waals surface area contributed by atoms with Gasteiger partial charge in [-0.15, -0.1) is 0 Å². The summed E-state index contributed by atoms with van der Waals surface area (Å²) in [5, 5.41) is 3.76. The summed E-state index contributed by atoms with van der Waals surface area (Å²) >= 11 is -3.09. The normalized spacial score (nSPS) is 20.7. The number of allylic oxidation sites excluding steroid dienone is 2. The first kappa shape index (κ1) is 32.0. The first-order valence-corrected chi connectivity index (χ1v) is 31.4. The first-order chi connectivity index (χ1) is 21.7. The summed E-state index contributed by atoms with van der Waals surface area (Å²) in [6, 6.07) is 35.9. The van der Waals surface area contributed by atoms with Gasteiger partial charge in [-0.2, -0.15) is 0 Å². The fourth-order valence-electron chi connectivity index (χ4n) is 9.45. The summed E-state index contributed by atoms with van der Waals surface area (Å²) in [6.45, 7) is 19.0. The van der Waals surface area contributed by atoms with Crippen LogP contribution in [0.4, 0.5) is 0 Å². The van der Waals surface area contributed by atoms with Gasteiger partial charge in [0, 0.05) is 0 Å². The van der Waals surface area contributed by atoms with Crippen LogP contribution in [-0.4, -0.2) is 8.07 Å². The molecule has 1 heterocycles. The van der Waals surface area contributed by atoms with Crippen molar-refractivity contribution in [3.05, 3.63) is 129 Å². The Labute approximate surface area is 284 Å². The molecule has 0 aromatic heterocycles. The molecule has 46 heavy (non-hydrogen) atoms. The minimum absolute atomic E-state index is 0.135. The molecule has 4 aromatic rings. The van der Waals surface area contributed by atoms with E-state index in [2.05, 4.69) is 162 Å². The van der Waals surface area contributed by atoms with Crippen LogP contribution < -0.4 is 0 Å². The van der Waals surface area contributed by atoms with Crippen LogP contribution >= 0.6 is 0 Å². The standard InChI is InChI=1S/C42H46Si.2CH3.Hf/c1-9-43(10-2,35-25-31-17-13-21-37(39(31)27-35)29-15-11-19-33(23-29)41(3,4)5)36-26-32-18-14-22-38(40(32)28-36)30-16-12-20-34(24-30)42(6,7)8;;;/h11-28H,9-10H2,1-8H3;2*1H3;. The fourth-order valence-corrected chi connectivity index (χ4v) is 41.3. The number of hydrogen-bond donors (Lipinski definition) is 0. The van der Waals surface area contributed by atoms with Crippen molar-refractivity contribution < 1.29 is 20.0 Å². The average Bonchev–Trinajstić information content (AvgIpc) is 3.62. The van der Waals surface area contributed by atoms with Crippen LogP contribution in [0.25, 0.3) is 34.4 Å². The van der Waals surface area contributed by atoms with Crippen LogP contribution in [0.2, 0.25) is 21.4 Å². The molecule has 0 N–H and O–H groups in total. The van der Waals surface area contributed by atoms with Gasteiger partial charge >= 0.3 is 286 Å². The zero-order valence-electron chi connectivity index (χ0n) is 29.8. The van der Waals surface area contributed by atoms with Gasteiger partial charge in [0.1, 0.15) is 0 Å². The molecule has 0 bridgehead atoms. The van der Waals surface area contributed by atoms with Gasteiger partial charge in [0.05, 0.1) is 0 Å². The quantitative estimate of drug-likeness (QED) is 0.181. The second kappa shape index (κ2) is 11.0. The van der Waals surface area contributed by atoms with Crippen molar-refractivity contribution in [3.8, 4) is 22.3 Å². The molecular weight excluding hydrogens is 735 g/mol. The predicted molar refractivity (Wildman–Crippen MR) is 201 cm³/mol. The van der Waals surface area contributed by atoms with E-state index in [9.17, 15) is 0 Å². The van der Waals surface area contributed by atoms with Gasteiger partial charge in [-0.25, -0.2) is 0 Å². The molecule has 236 valence electrons. The van der Waals surface area contributed by atoms with E-state index in [4.69, 9.17) is 0 Å². The molecule has 0 spiro atoms. The maximum atomic E-state index is 2.80. The van der Waals surface area contributed by atoms with Crippen LogP contribution in [0, 0.1) is 0 Å². The van der Waals surface area contributed by atoms with Gasteiger partial charge in [-0.1, -0.05) is 0 Å². The van der Waals surface area contributed by atoms with E-state index in [1.54, 1.807) is 11.1 Å². The maximum absolute atomic E-state index is 3.09. The number of rotatable bonds is 4. The molecule has 0 amide bonds. The third-order valence-electron chi connectivity index (χ3n) is 12.0. The van der Waals surface area contributed by atoms with Gasteiger partial charge in [0.25, 0.3) is 0 Å². The summed E-state index contributed by atoms with van der Waals surface area (Å²) < 4.78 is 6.94. The van der Waals surface area contributed by atoms with E-state index in [-0.39, 0.29) is 10.8 Å². The minimum atomic E-state index is -3.09. The third-order valence-corrected chi connectivity index (χ3v) is 34.7. The summed E-state index contributed by atoms with van der Waals surface area (Å²) in [6.07, 6.45) is 5.52. The number of benzene rings is 4. The molecule has 0 nitrogen and oxygen atoms in total. The Bertz CT molecular complexity index is 1780. The zero-order valence-corrected chi connectivity index (χ0v) is 34.4. The van der Waals surface area contributed by atoms with Crippen LogP contribution in [0.15, 0.2) is 95.3 Å². The molecule has 2 unspecified atom stereocenters. The SMILES string of the molecule is CC[Si]1(CC)C2=Cc3c(-c4cccc(C(C)(C)C)c4)cccc3[CH]2[Hf]([CH3])([CH3])[CH]2C1=Cc1c(-c3cccc(C(C)(C)C)c3)cccc12. The summed E-state index contributed by atoms with van der Waals surface area (Å²) in [5.41, 5.74) is 15.1. The Balaban J connectivity index is 1.43. The van der Waals surface area contributed by atoms with Gasteiger partial charge in [-0.3, -0.25) is 0 Å². The number of hydrogen-bond acceptors (Lipinski definition) is 0. The van der Waals surface area contributed by atoms with E-state index in [1.165, 1.54) is 56.6 Å². The molecule has 4 aromatic carbocycles. The van der Waals surface area contributed by atoms with E-state index >= 15 is 0 Å². The predicted octanol–water partition coefficient (Wildman–Crippen LogP) is 13.0. The molecule has 1 saturated heterocycles. The molecule has 2 aliphatic carbocycles. The average molecular weight is 787 g/mol. The van der Waals surface area contributed by atoms with Gasteiger partial charge < -0.3 is 0 Å². The topological polar surface area (TPSA) is 0 Å².